The number of benzene rings is 1. The van der Waals surface area contributed by atoms with E-state index < -0.39 is 0 Å². The Morgan fingerprint density at radius 2 is 2.18 bits per heavy atom. The fourth-order valence-electron chi connectivity index (χ4n) is 1.34. The van der Waals surface area contributed by atoms with Gasteiger partial charge in [0.25, 0.3) is 0 Å². The first-order valence-electron chi connectivity index (χ1n) is 4.89. The molecule has 1 N–H and O–H groups in total. The van der Waals surface area contributed by atoms with Crippen LogP contribution >= 0.6 is 0 Å². The van der Waals surface area contributed by atoms with Crippen molar-refractivity contribution in [1.29, 1.82) is 5.26 Å². The molecule has 0 radical (unpaired) electrons. The molecule has 1 heterocycles. The maximum absolute atomic E-state index is 9.40. The van der Waals surface area contributed by atoms with E-state index in [1.807, 2.05) is 13.0 Å². The van der Waals surface area contributed by atoms with E-state index in [9.17, 15) is 5.11 Å². The molecule has 0 fully saturated rings. The zero-order valence-electron chi connectivity index (χ0n) is 9.08. The number of nitrogens with zero attached hydrogens (tertiary/aromatic N) is 3. The van der Waals surface area contributed by atoms with Gasteiger partial charge in [-0.1, -0.05) is 0 Å². The van der Waals surface area contributed by atoms with Gasteiger partial charge in [0, 0.05) is 12.3 Å². The Bertz CT molecular complexity index is 570. The Morgan fingerprint density at radius 1 is 1.35 bits per heavy atom. The molecule has 0 unspecified atom stereocenters. The van der Waals surface area contributed by atoms with E-state index in [4.69, 9.17) is 10.00 Å². The van der Waals surface area contributed by atoms with Gasteiger partial charge in [-0.05, 0) is 30.7 Å². The molecule has 0 aliphatic rings. The molecule has 1 aromatic heterocycles. The molecule has 5 heteroatoms. The van der Waals surface area contributed by atoms with E-state index in [1.54, 1.807) is 12.1 Å². The van der Waals surface area contributed by atoms with Crippen LogP contribution in [0.4, 0.5) is 0 Å². The van der Waals surface area contributed by atoms with Crippen molar-refractivity contribution in [2.45, 2.75) is 6.92 Å². The molecular formula is C12H9N3O2. The number of hydrogen-bond donors (Lipinski definition) is 1. The van der Waals surface area contributed by atoms with Gasteiger partial charge in [0.1, 0.15) is 23.3 Å². The van der Waals surface area contributed by atoms with Gasteiger partial charge in [-0.2, -0.15) is 10.2 Å². The van der Waals surface area contributed by atoms with E-state index in [-0.39, 0.29) is 17.5 Å². The van der Waals surface area contributed by atoms with Gasteiger partial charge in [-0.25, -0.2) is 4.98 Å². The third-order valence-electron chi connectivity index (χ3n) is 1.99. The highest BCUT2D eigenvalue weighted by Crippen LogP contribution is 2.24. The molecule has 5 nitrogen and oxygen atoms in total. The standard InChI is InChI=1S/C12H9N3O2/c1-8-4-10(16)6-11(5-8)17-12-14-3-2-9(7-13)15-12/h2-6,16H,1H3. The van der Waals surface area contributed by atoms with Crippen molar-refractivity contribution in [3.63, 3.8) is 0 Å². The van der Waals surface area contributed by atoms with Gasteiger partial charge in [-0.15, -0.1) is 0 Å². The van der Waals surface area contributed by atoms with Crippen molar-refractivity contribution in [1.82, 2.24) is 9.97 Å². The lowest BCUT2D eigenvalue weighted by molar-refractivity contribution is 0.430. The Balaban J connectivity index is 2.28. The summed E-state index contributed by atoms with van der Waals surface area (Å²) in [5.41, 5.74) is 1.09. The van der Waals surface area contributed by atoms with Crippen LogP contribution in [-0.4, -0.2) is 15.1 Å². The Morgan fingerprint density at radius 3 is 2.88 bits per heavy atom. The quantitative estimate of drug-likeness (QED) is 0.850. The first-order valence-corrected chi connectivity index (χ1v) is 4.89. The summed E-state index contributed by atoms with van der Waals surface area (Å²) in [6.07, 6.45) is 1.44. The normalized spacial score (nSPS) is 9.65. The highest BCUT2D eigenvalue weighted by Gasteiger charge is 2.03. The lowest BCUT2D eigenvalue weighted by atomic mass is 10.2. The van der Waals surface area contributed by atoms with Crippen LogP contribution in [0.2, 0.25) is 0 Å². The molecule has 0 amide bonds. The van der Waals surface area contributed by atoms with Crippen LogP contribution in [-0.2, 0) is 0 Å². The van der Waals surface area contributed by atoms with E-state index in [1.165, 1.54) is 18.3 Å². The van der Waals surface area contributed by atoms with Crippen LogP contribution in [0, 0.1) is 18.3 Å². The molecule has 0 atom stereocenters. The first-order chi connectivity index (χ1) is 8.17. The van der Waals surface area contributed by atoms with E-state index in [0.29, 0.717) is 5.75 Å². The number of aryl methyl sites for hydroxylation is 1. The summed E-state index contributed by atoms with van der Waals surface area (Å²) in [5.74, 6) is 0.536. The van der Waals surface area contributed by atoms with E-state index >= 15 is 0 Å². The Hall–Kier alpha value is -2.61. The minimum absolute atomic E-state index is 0.0778. The third kappa shape index (κ3) is 2.69. The summed E-state index contributed by atoms with van der Waals surface area (Å²) in [6, 6.07) is 8.26. The molecule has 17 heavy (non-hydrogen) atoms. The summed E-state index contributed by atoms with van der Waals surface area (Å²) in [6.45, 7) is 1.83. The highest BCUT2D eigenvalue weighted by molar-refractivity contribution is 5.38. The molecule has 2 aromatic rings. The van der Waals surface area contributed by atoms with Crippen molar-refractivity contribution in [3.05, 3.63) is 41.7 Å². The molecule has 0 saturated carbocycles. The summed E-state index contributed by atoms with van der Waals surface area (Å²) >= 11 is 0. The summed E-state index contributed by atoms with van der Waals surface area (Å²) in [5, 5.41) is 18.1. The van der Waals surface area contributed by atoms with Crippen LogP contribution < -0.4 is 4.74 Å². The fraction of sp³-hybridized carbons (Fsp3) is 0.0833. The van der Waals surface area contributed by atoms with Crippen molar-refractivity contribution in [2.24, 2.45) is 0 Å². The van der Waals surface area contributed by atoms with E-state index in [2.05, 4.69) is 9.97 Å². The summed E-state index contributed by atoms with van der Waals surface area (Å²) in [7, 11) is 0. The second-order valence-electron chi connectivity index (χ2n) is 3.44. The monoisotopic (exact) mass is 227 g/mol. The number of hydrogen-bond acceptors (Lipinski definition) is 5. The number of nitriles is 1. The predicted molar refractivity (Wildman–Crippen MR) is 59.7 cm³/mol. The molecule has 0 aliphatic carbocycles. The van der Waals surface area contributed by atoms with Gasteiger partial charge in [0.2, 0.25) is 0 Å². The van der Waals surface area contributed by atoms with E-state index in [0.717, 1.165) is 5.56 Å². The number of aromatic nitrogens is 2. The topological polar surface area (TPSA) is 79.0 Å². The summed E-state index contributed by atoms with van der Waals surface area (Å²) < 4.78 is 5.35. The largest absolute Gasteiger partial charge is 0.508 e. The highest BCUT2D eigenvalue weighted by atomic mass is 16.5. The zero-order valence-corrected chi connectivity index (χ0v) is 9.08. The van der Waals surface area contributed by atoms with Gasteiger partial charge < -0.3 is 9.84 Å². The van der Waals surface area contributed by atoms with Crippen LogP contribution in [0.25, 0.3) is 0 Å². The zero-order chi connectivity index (χ0) is 12.3. The lowest BCUT2D eigenvalue weighted by Gasteiger charge is -2.05. The van der Waals surface area contributed by atoms with Crippen molar-refractivity contribution < 1.29 is 9.84 Å². The third-order valence-corrected chi connectivity index (χ3v) is 1.99. The number of phenols is 1. The van der Waals surface area contributed by atoms with Crippen LogP contribution in [0.1, 0.15) is 11.3 Å². The second-order valence-corrected chi connectivity index (χ2v) is 3.44. The molecule has 84 valence electrons. The Kier molecular flexibility index (Phi) is 2.88. The maximum atomic E-state index is 9.40. The lowest BCUT2D eigenvalue weighted by Crippen LogP contribution is -1.93. The second kappa shape index (κ2) is 4.49. The average Bonchev–Trinajstić information content (AvgIpc) is 2.28. The minimum Gasteiger partial charge on any atom is -0.508 e. The average molecular weight is 227 g/mol. The molecule has 0 bridgehead atoms. The van der Waals surface area contributed by atoms with Gasteiger partial charge in [0.05, 0.1) is 0 Å². The molecule has 1 aromatic carbocycles. The molecule has 2 rings (SSSR count). The van der Waals surface area contributed by atoms with Crippen LogP contribution in [0.15, 0.2) is 30.5 Å². The van der Waals surface area contributed by atoms with Crippen molar-refractivity contribution >= 4 is 0 Å². The van der Waals surface area contributed by atoms with Crippen LogP contribution in [0.5, 0.6) is 17.5 Å². The maximum Gasteiger partial charge on any atom is 0.323 e. The van der Waals surface area contributed by atoms with Gasteiger partial charge >= 0.3 is 6.01 Å². The Labute approximate surface area is 98.0 Å². The molecule has 0 aliphatic heterocycles. The van der Waals surface area contributed by atoms with Gasteiger partial charge in [0.15, 0.2) is 0 Å². The molecule has 0 spiro atoms. The minimum atomic E-state index is 0.0778. The number of aromatic hydroxyl groups is 1. The summed E-state index contributed by atoms with van der Waals surface area (Å²) in [4.78, 5) is 7.75. The van der Waals surface area contributed by atoms with Crippen molar-refractivity contribution in [3.8, 4) is 23.6 Å². The number of ether oxygens (including phenoxy) is 1. The molecule has 0 saturated heterocycles. The molecular weight excluding hydrogens is 218 g/mol. The smallest absolute Gasteiger partial charge is 0.323 e. The van der Waals surface area contributed by atoms with Crippen LogP contribution in [0.3, 0.4) is 0 Å². The fourth-order valence-corrected chi connectivity index (χ4v) is 1.34. The predicted octanol–water partition coefficient (Wildman–Crippen LogP) is 2.15. The first kappa shape index (κ1) is 10.9. The number of phenolic OH excluding ortho intramolecular Hbond substituents is 1. The van der Waals surface area contributed by atoms with Crippen molar-refractivity contribution in [2.75, 3.05) is 0 Å². The van der Waals surface area contributed by atoms with Gasteiger partial charge in [-0.3, -0.25) is 0 Å². The SMILES string of the molecule is Cc1cc(O)cc(Oc2nccc(C#N)n2)c1. The number of rotatable bonds is 2.